The van der Waals surface area contributed by atoms with Crippen LogP contribution in [0.15, 0.2) is 24.3 Å². The number of hydrogen-bond donors (Lipinski definition) is 1. The van der Waals surface area contributed by atoms with Crippen molar-refractivity contribution < 1.29 is 9.18 Å². The lowest BCUT2D eigenvalue weighted by molar-refractivity contribution is 0.0642. The molecule has 0 aromatic heterocycles. The van der Waals surface area contributed by atoms with E-state index in [2.05, 4.69) is 12.2 Å². The molecule has 1 amide bonds. The Hall–Kier alpha value is -1.42. The molecule has 0 radical (unpaired) electrons. The van der Waals surface area contributed by atoms with E-state index in [0.29, 0.717) is 11.6 Å². The van der Waals surface area contributed by atoms with E-state index in [1.165, 1.54) is 12.1 Å². The standard InChI is InChI=1S/C15H21FN2O/c1-2-11-18(14-7-9-17-10-8-14)15(19)12-3-5-13(16)6-4-12/h3-6,14,17H,2,7-11H2,1H3. The molecule has 0 aliphatic carbocycles. The summed E-state index contributed by atoms with van der Waals surface area (Å²) >= 11 is 0. The van der Waals surface area contributed by atoms with Gasteiger partial charge in [-0.05, 0) is 56.6 Å². The lowest BCUT2D eigenvalue weighted by atomic mass is 10.0. The molecule has 4 heteroatoms. The van der Waals surface area contributed by atoms with Crippen molar-refractivity contribution in [2.45, 2.75) is 32.2 Å². The molecule has 1 fully saturated rings. The zero-order chi connectivity index (χ0) is 13.7. The quantitative estimate of drug-likeness (QED) is 0.906. The van der Waals surface area contributed by atoms with Gasteiger partial charge < -0.3 is 10.2 Å². The molecular formula is C15H21FN2O. The summed E-state index contributed by atoms with van der Waals surface area (Å²) in [7, 11) is 0. The molecule has 104 valence electrons. The van der Waals surface area contributed by atoms with Crippen molar-refractivity contribution in [2.75, 3.05) is 19.6 Å². The molecule has 3 nitrogen and oxygen atoms in total. The molecule has 0 atom stereocenters. The highest BCUT2D eigenvalue weighted by Gasteiger charge is 2.25. The van der Waals surface area contributed by atoms with E-state index in [9.17, 15) is 9.18 Å². The van der Waals surface area contributed by atoms with Gasteiger partial charge >= 0.3 is 0 Å². The van der Waals surface area contributed by atoms with Crippen molar-refractivity contribution in [1.82, 2.24) is 10.2 Å². The van der Waals surface area contributed by atoms with Crippen LogP contribution < -0.4 is 5.32 Å². The third kappa shape index (κ3) is 3.53. The summed E-state index contributed by atoms with van der Waals surface area (Å²) in [6.45, 7) is 4.76. The highest BCUT2D eigenvalue weighted by Crippen LogP contribution is 2.16. The molecule has 1 heterocycles. The van der Waals surface area contributed by atoms with Gasteiger partial charge in [0.05, 0.1) is 0 Å². The van der Waals surface area contributed by atoms with Gasteiger partial charge in [-0.2, -0.15) is 0 Å². The van der Waals surface area contributed by atoms with Gasteiger partial charge in [-0.1, -0.05) is 6.92 Å². The van der Waals surface area contributed by atoms with Crippen LogP contribution >= 0.6 is 0 Å². The predicted octanol–water partition coefficient (Wildman–Crippen LogP) is 2.43. The van der Waals surface area contributed by atoms with Crippen molar-refractivity contribution in [2.24, 2.45) is 0 Å². The van der Waals surface area contributed by atoms with Gasteiger partial charge in [-0.15, -0.1) is 0 Å². The van der Waals surface area contributed by atoms with Crippen LogP contribution in [0.1, 0.15) is 36.5 Å². The minimum absolute atomic E-state index is 0.0220. The van der Waals surface area contributed by atoms with Crippen LogP contribution in [0.3, 0.4) is 0 Å². The maximum absolute atomic E-state index is 12.9. The minimum Gasteiger partial charge on any atom is -0.336 e. The van der Waals surface area contributed by atoms with Crippen molar-refractivity contribution in [3.63, 3.8) is 0 Å². The predicted molar refractivity (Wildman–Crippen MR) is 73.6 cm³/mol. The number of benzene rings is 1. The van der Waals surface area contributed by atoms with Crippen LogP contribution in [0.25, 0.3) is 0 Å². The number of amides is 1. The second-order valence-electron chi connectivity index (χ2n) is 4.99. The van der Waals surface area contributed by atoms with E-state index >= 15 is 0 Å². The largest absolute Gasteiger partial charge is 0.336 e. The van der Waals surface area contributed by atoms with Crippen LogP contribution in [0.5, 0.6) is 0 Å². The average Bonchev–Trinajstić information content (AvgIpc) is 2.46. The number of rotatable bonds is 4. The second-order valence-corrected chi connectivity index (χ2v) is 4.99. The summed E-state index contributed by atoms with van der Waals surface area (Å²) in [5.41, 5.74) is 0.577. The lowest BCUT2D eigenvalue weighted by Gasteiger charge is -2.34. The highest BCUT2D eigenvalue weighted by atomic mass is 19.1. The van der Waals surface area contributed by atoms with E-state index in [4.69, 9.17) is 0 Å². The summed E-state index contributed by atoms with van der Waals surface area (Å²) in [6.07, 6.45) is 2.93. The first-order valence-corrected chi connectivity index (χ1v) is 6.99. The second kappa shape index (κ2) is 6.66. The Labute approximate surface area is 113 Å². The van der Waals surface area contributed by atoms with Crippen molar-refractivity contribution in [3.8, 4) is 0 Å². The molecule has 1 N–H and O–H groups in total. The first kappa shape index (κ1) is 14.0. The van der Waals surface area contributed by atoms with Crippen LogP contribution in [0.4, 0.5) is 4.39 Å². The number of halogens is 1. The van der Waals surface area contributed by atoms with E-state index in [1.807, 2.05) is 4.90 Å². The van der Waals surface area contributed by atoms with Crippen molar-refractivity contribution >= 4 is 5.91 Å². The molecule has 1 aliphatic heterocycles. The smallest absolute Gasteiger partial charge is 0.254 e. The summed E-state index contributed by atoms with van der Waals surface area (Å²) in [5.74, 6) is -0.283. The Kier molecular flexibility index (Phi) is 4.91. The van der Waals surface area contributed by atoms with Crippen LogP contribution in [0.2, 0.25) is 0 Å². The van der Waals surface area contributed by atoms with Crippen molar-refractivity contribution in [3.05, 3.63) is 35.6 Å². The molecule has 19 heavy (non-hydrogen) atoms. The third-order valence-electron chi connectivity index (χ3n) is 3.57. The molecule has 1 aliphatic rings. The minimum atomic E-state index is -0.305. The zero-order valence-corrected chi connectivity index (χ0v) is 11.4. The highest BCUT2D eigenvalue weighted by molar-refractivity contribution is 5.94. The van der Waals surface area contributed by atoms with Crippen molar-refractivity contribution in [1.29, 1.82) is 0 Å². The molecular weight excluding hydrogens is 243 g/mol. The summed E-state index contributed by atoms with van der Waals surface area (Å²) < 4.78 is 12.9. The number of nitrogens with zero attached hydrogens (tertiary/aromatic N) is 1. The molecule has 0 saturated carbocycles. The van der Waals surface area contributed by atoms with E-state index in [0.717, 1.165) is 38.9 Å². The number of carbonyl (C=O) groups is 1. The Bertz CT molecular complexity index is 413. The molecule has 1 aromatic carbocycles. The SMILES string of the molecule is CCCN(C(=O)c1ccc(F)cc1)C1CCNCC1. The van der Waals surface area contributed by atoms with Gasteiger partial charge in [0.1, 0.15) is 5.82 Å². The van der Waals surface area contributed by atoms with E-state index < -0.39 is 0 Å². The van der Waals surface area contributed by atoms with Crippen LogP contribution in [0, 0.1) is 5.82 Å². The molecule has 1 aromatic rings. The Balaban J connectivity index is 2.13. The van der Waals surface area contributed by atoms with Gasteiger partial charge in [0, 0.05) is 18.2 Å². The summed E-state index contributed by atoms with van der Waals surface area (Å²) in [5, 5.41) is 3.31. The number of hydrogen-bond acceptors (Lipinski definition) is 2. The molecule has 0 bridgehead atoms. The number of piperidine rings is 1. The Morgan fingerprint density at radius 3 is 2.53 bits per heavy atom. The van der Waals surface area contributed by atoms with Gasteiger partial charge in [-0.25, -0.2) is 4.39 Å². The fourth-order valence-electron chi connectivity index (χ4n) is 2.57. The molecule has 0 spiro atoms. The topological polar surface area (TPSA) is 32.3 Å². The number of nitrogens with one attached hydrogen (secondary N) is 1. The third-order valence-corrected chi connectivity index (χ3v) is 3.57. The molecule has 0 unspecified atom stereocenters. The monoisotopic (exact) mass is 264 g/mol. The molecule has 1 saturated heterocycles. The van der Waals surface area contributed by atoms with Gasteiger partial charge in [0.25, 0.3) is 5.91 Å². The number of carbonyl (C=O) groups excluding carboxylic acids is 1. The summed E-state index contributed by atoms with van der Waals surface area (Å²) in [4.78, 5) is 14.5. The van der Waals surface area contributed by atoms with Gasteiger partial charge in [-0.3, -0.25) is 4.79 Å². The Morgan fingerprint density at radius 2 is 1.95 bits per heavy atom. The summed E-state index contributed by atoms with van der Waals surface area (Å²) in [6, 6.07) is 6.14. The first-order valence-electron chi connectivity index (χ1n) is 6.99. The van der Waals surface area contributed by atoms with Gasteiger partial charge in [0.15, 0.2) is 0 Å². The Morgan fingerprint density at radius 1 is 1.32 bits per heavy atom. The first-order chi connectivity index (χ1) is 9.22. The fraction of sp³-hybridized carbons (Fsp3) is 0.533. The zero-order valence-electron chi connectivity index (χ0n) is 11.4. The van der Waals surface area contributed by atoms with Crippen LogP contribution in [-0.2, 0) is 0 Å². The maximum Gasteiger partial charge on any atom is 0.254 e. The van der Waals surface area contributed by atoms with Gasteiger partial charge in [0.2, 0.25) is 0 Å². The van der Waals surface area contributed by atoms with E-state index in [1.54, 1.807) is 12.1 Å². The van der Waals surface area contributed by atoms with Crippen LogP contribution in [-0.4, -0.2) is 36.5 Å². The maximum atomic E-state index is 12.9. The normalized spacial score (nSPS) is 16.3. The lowest BCUT2D eigenvalue weighted by Crippen LogP contribution is -2.46. The average molecular weight is 264 g/mol. The fourth-order valence-corrected chi connectivity index (χ4v) is 2.57. The molecule has 2 rings (SSSR count). The van der Waals surface area contributed by atoms with E-state index in [-0.39, 0.29) is 11.7 Å².